The number of ether oxygens (including phenoxy) is 1. The summed E-state index contributed by atoms with van der Waals surface area (Å²) in [5, 5.41) is 15.6. The monoisotopic (exact) mass is 534 g/mol. The van der Waals surface area contributed by atoms with Crippen molar-refractivity contribution < 1.29 is 23.1 Å². The van der Waals surface area contributed by atoms with Crippen molar-refractivity contribution in [2.45, 2.75) is 31.0 Å². The van der Waals surface area contributed by atoms with E-state index in [2.05, 4.69) is 15.0 Å². The second-order valence-corrected chi connectivity index (χ2v) is 9.98. The average molecular weight is 535 g/mol. The lowest BCUT2D eigenvalue weighted by Gasteiger charge is -2.47. The molecule has 1 saturated carbocycles. The van der Waals surface area contributed by atoms with Crippen LogP contribution in [0.15, 0.2) is 59.3 Å². The maximum Gasteiger partial charge on any atom is 0.192 e. The van der Waals surface area contributed by atoms with Gasteiger partial charge in [0.15, 0.2) is 5.69 Å². The van der Waals surface area contributed by atoms with Gasteiger partial charge in [-0.3, -0.25) is 0 Å². The number of halogens is 3. The summed E-state index contributed by atoms with van der Waals surface area (Å²) in [6.07, 6.45) is 3.46. The summed E-state index contributed by atoms with van der Waals surface area (Å²) in [6.45, 7) is 7.77. The maximum absolute atomic E-state index is 14.5. The number of benzene rings is 2. The van der Waals surface area contributed by atoms with E-state index in [0.717, 1.165) is 18.9 Å². The summed E-state index contributed by atoms with van der Waals surface area (Å²) < 4.78 is 39.5. The van der Waals surface area contributed by atoms with Gasteiger partial charge in [-0.15, -0.1) is 0 Å². The quantitative estimate of drug-likeness (QED) is 0.277. The fourth-order valence-electron chi connectivity index (χ4n) is 4.71. The van der Waals surface area contributed by atoms with Gasteiger partial charge in [-0.2, -0.15) is 0 Å². The second-order valence-electron chi connectivity index (χ2n) is 9.57. The van der Waals surface area contributed by atoms with Crippen LogP contribution in [0, 0.1) is 18.2 Å². The SMILES string of the molecule is [C-]#[N+]c1ccnc(N2CC(O)(c3ccc(OCc4c(-c5ccc(F)cc5F)noc4C4CC4)cc3Cl)C2)c1. The van der Waals surface area contributed by atoms with E-state index in [-0.39, 0.29) is 36.9 Å². The van der Waals surface area contributed by atoms with Gasteiger partial charge in [0.05, 0.1) is 30.2 Å². The first-order valence-corrected chi connectivity index (χ1v) is 12.4. The zero-order valence-corrected chi connectivity index (χ0v) is 20.8. The molecule has 0 spiro atoms. The molecule has 192 valence electrons. The molecule has 7 nitrogen and oxygen atoms in total. The number of pyridine rings is 1. The molecule has 2 aromatic carbocycles. The lowest BCUT2D eigenvalue weighted by atomic mass is 9.86. The summed E-state index contributed by atoms with van der Waals surface area (Å²) in [4.78, 5) is 9.57. The van der Waals surface area contributed by atoms with Crippen LogP contribution in [0.1, 0.15) is 35.6 Å². The molecule has 0 radical (unpaired) electrons. The van der Waals surface area contributed by atoms with Crippen LogP contribution >= 0.6 is 11.6 Å². The summed E-state index contributed by atoms with van der Waals surface area (Å²) >= 11 is 6.55. The lowest BCUT2D eigenvalue weighted by Crippen LogP contribution is -2.60. The predicted molar refractivity (Wildman–Crippen MR) is 136 cm³/mol. The predicted octanol–water partition coefficient (Wildman–Crippen LogP) is 6.38. The average Bonchev–Trinajstić information content (AvgIpc) is 3.65. The molecular weight excluding hydrogens is 514 g/mol. The Morgan fingerprint density at radius 3 is 2.68 bits per heavy atom. The Labute approximate surface area is 222 Å². The van der Waals surface area contributed by atoms with Gasteiger partial charge in [0.1, 0.15) is 46.9 Å². The molecular formula is C28H21ClF2N4O3. The largest absolute Gasteiger partial charge is 0.489 e. The number of aromatic nitrogens is 2. The molecule has 10 heteroatoms. The van der Waals surface area contributed by atoms with Gasteiger partial charge in [-0.1, -0.05) is 22.8 Å². The number of nitrogens with zero attached hydrogens (tertiary/aromatic N) is 4. The zero-order valence-electron chi connectivity index (χ0n) is 20.0. The molecule has 0 amide bonds. The van der Waals surface area contributed by atoms with Crippen LogP contribution in [0.3, 0.4) is 0 Å². The first-order valence-electron chi connectivity index (χ1n) is 12.0. The summed E-state index contributed by atoms with van der Waals surface area (Å²) in [6, 6.07) is 11.7. The molecule has 1 saturated heterocycles. The third-order valence-electron chi connectivity index (χ3n) is 6.87. The minimum absolute atomic E-state index is 0.0538. The topological polar surface area (TPSA) is 76.0 Å². The standard InChI is InChI=1S/C28H21ClF2N4O3/c1-32-18-8-9-33-25(11-18)35-14-28(36,15-35)22-7-5-19(12-23(22)29)37-13-21-26(34-38-27(21)16-2-3-16)20-6-4-17(30)10-24(20)31/h4-12,16,36H,2-3,13-15H2. The fraction of sp³-hybridized carbons (Fsp3) is 0.250. The van der Waals surface area contributed by atoms with Crippen molar-refractivity contribution in [2.75, 3.05) is 18.0 Å². The molecule has 0 atom stereocenters. The Kier molecular flexibility index (Phi) is 6.01. The van der Waals surface area contributed by atoms with Crippen molar-refractivity contribution in [3.05, 3.63) is 99.7 Å². The molecule has 1 aliphatic heterocycles. The van der Waals surface area contributed by atoms with Crippen molar-refractivity contribution in [1.82, 2.24) is 10.1 Å². The molecule has 6 rings (SSSR count). The van der Waals surface area contributed by atoms with Crippen molar-refractivity contribution in [2.24, 2.45) is 0 Å². The molecule has 2 aromatic heterocycles. The normalized spacial score (nSPS) is 16.1. The van der Waals surface area contributed by atoms with Crippen LogP contribution in [0.5, 0.6) is 5.75 Å². The van der Waals surface area contributed by atoms with Crippen LogP contribution in [0.4, 0.5) is 20.3 Å². The Morgan fingerprint density at radius 1 is 1.16 bits per heavy atom. The maximum atomic E-state index is 14.5. The van der Waals surface area contributed by atoms with Crippen LogP contribution in [-0.2, 0) is 12.2 Å². The Morgan fingerprint density at radius 2 is 1.97 bits per heavy atom. The molecule has 1 N–H and O–H groups in total. The Hall–Kier alpha value is -4.00. The lowest BCUT2D eigenvalue weighted by molar-refractivity contribution is 0.00713. The molecule has 0 bridgehead atoms. The van der Waals surface area contributed by atoms with Crippen molar-refractivity contribution >= 4 is 23.1 Å². The van der Waals surface area contributed by atoms with Gasteiger partial charge in [0.25, 0.3) is 0 Å². The highest BCUT2D eigenvalue weighted by Crippen LogP contribution is 2.45. The van der Waals surface area contributed by atoms with Crippen molar-refractivity contribution in [3.63, 3.8) is 0 Å². The van der Waals surface area contributed by atoms with Crippen LogP contribution in [0.25, 0.3) is 16.1 Å². The molecule has 4 aromatic rings. The van der Waals surface area contributed by atoms with Gasteiger partial charge in [-0.25, -0.2) is 18.6 Å². The Bertz CT molecular complexity index is 1570. The molecule has 1 aliphatic carbocycles. The number of rotatable bonds is 7. The van der Waals surface area contributed by atoms with Crippen molar-refractivity contribution in [1.29, 1.82) is 0 Å². The third-order valence-corrected chi connectivity index (χ3v) is 7.18. The highest BCUT2D eigenvalue weighted by Gasteiger charge is 2.44. The number of hydrogen-bond donors (Lipinski definition) is 1. The van der Waals surface area contributed by atoms with E-state index in [4.69, 9.17) is 27.4 Å². The molecule has 3 heterocycles. The van der Waals surface area contributed by atoms with E-state index in [1.54, 1.807) is 36.5 Å². The summed E-state index contributed by atoms with van der Waals surface area (Å²) in [5.74, 6) is 0.518. The van der Waals surface area contributed by atoms with Gasteiger partial charge in [-0.05, 0) is 49.2 Å². The van der Waals surface area contributed by atoms with Crippen LogP contribution in [-0.4, -0.2) is 28.3 Å². The molecule has 2 aliphatic rings. The van der Waals surface area contributed by atoms with E-state index in [0.29, 0.717) is 39.2 Å². The van der Waals surface area contributed by atoms with Crippen LogP contribution in [0.2, 0.25) is 5.02 Å². The van der Waals surface area contributed by atoms with E-state index in [9.17, 15) is 13.9 Å². The number of anilines is 1. The first kappa shape index (κ1) is 24.3. The highest BCUT2D eigenvalue weighted by molar-refractivity contribution is 6.31. The number of hydrogen-bond acceptors (Lipinski definition) is 6. The summed E-state index contributed by atoms with van der Waals surface area (Å²) in [7, 11) is 0. The molecule has 2 fully saturated rings. The van der Waals surface area contributed by atoms with Gasteiger partial charge >= 0.3 is 0 Å². The third kappa shape index (κ3) is 4.46. The zero-order chi connectivity index (χ0) is 26.4. The molecule has 0 unspecified atom stereocenters. The van der Waals surface area contributed by atoms with Crippen molar-refractivity contribution in [3.8, 4) is 17.0 Å². The first-order chi connectivity index (χ1) is 18.3. The van der Waals surface area contributed by atoms with Crippen LogP contribution < -0.4 is 9.64 Å². The number of β-amino-alcohol motifs (C(OH)–C–C–N with tert-alkyl or cyclic N) is 1. The highest BCUT2D eigenvalue weighted by atomic mass is 35.5. The van der Waals surface area contributed by atoms with E-state index < -0.39 is 17.2 Å². The van der Waals surface area contributed by atoms with Gasteiger partial charge in [0.2, 0.25) is 0 Å². The summed E-state index contributed by atoms with van der Waals surface area (Å²) in [5.41, 5.74) is 0.899. The smallest absolute Gasteiger partial charge is 0.192 e. The second kappa shape index (κ2) is 9.39. The minimum atomic E-state index is -1.17. The molecule has 38 heavy (non-hydrogen) atoms. The Balaban J connectivity index is 1.19. The van der Waals surface area contributed by atoms with E-state index in [1.165, 1.54) is 12.1 Å². The number of aliphatic hydroxyl groups is 1. The van der Waals surface area contributed by atoms with E-state index >= 15 is 0 Å². The minimum Gasteiger partial charge on any atom is -0.489 e. The van der Waals surface area contributed by atoms with Gasteiger partial charge < -0.3 is 19.3 Å². The van der Waals surface area contributed by atoms with Gasteiger partial charge in [0, 0.05) is 29.3 Å². The van der Waals surface area contributed by atoms with E-state index in [1.807, 2.05) is 4.90 Å². The fourth-order valence-corrected chi connectivity index (χ4v) is 5.05.